The molecule has 0 saturated carbocycles. The largest absolute Gasteiger partial charge is 0.350 e. The molecule has 1 spiro atoms. The molecular weight excluding hydrogens is 268 g/mol. The lowest BCUT2D eigenvalue weighted by molar-refractivity contribution is -0.301. The van der Waals surface area contributed by atoms with E-state index in [4.69, 9.17) is 14.7 Å². The summed E-state index contributed by atoms with van der Waals surface area (Å²) in [5.41, 5.74) is 1.11. The number of amides is 1. The van der Waals surface area contributed by atoms with E-state index in [9.17, 15) is 4.79 Å². The summed E-state index contributed by atoms with van der Waals surface area (Å²) in [4.78, 5) is 14.1. The van der Waals surface area contributed by atoms with E-state index in [-0.39, 0.29) is 11.3 Å². The lowest BCUT2D eigenvalue weighted by atomic mass is 9.80. The highest BCUT2D eigenvalue weighted by Gasteiger charge is 2.50. The zero-order valence-electron chi connectivity index (χ0n) is 12.3. The van der Waals surface area contributed by atoms with E-state index in [1.54, 1.807) is 29.2 Å². The summed E-state index contributed by atoms with van der Waals surface area (Å²) in [6, 6.07) is 8.77. The van der Waals surface area contributed by atoms with Crippen LogP contribution in [0.25, 0.3) is 0 Å². The van der Waals surface area contributed by atoms with Crippen LogP contribution < -0.4 is 0 Å². The first-order chi connectivity index (χ1) is 9.93. The first-order valence-corrected chi connectivity index (χ1v) is 7.00. The van der Waals surface area contributed by atoms with Crippen molar-refractivity contribution in [3.05, 3.63) is 35.4 Å². The maximum Gasteiger partial charge on any atom is 0.253 e. The molecule has 1 amide bonds. The maximum absolute atomic E-state index is 12.3. The molecule has 1 aromatic carbocycles. The number of benzene rings is 1. The molecule has 0 N–H and O–H groups in total. The highest BCUT2D eigenvalue weighted by Crippen LogP contribution is 2.38. The van der Waals surface area contributed by atoms with Gasteiger partial charge in [0, 0.05) is 18.7 Å². The number of nitriles is 1. The molecule has 5 nitrogen and oxygen atoms in total. The average Bonchev–Trinajstić information content (AvgIpc) is 2.45. The SMILES string of the molecule is CC1(C)OCC2(CO1)CN(C(=O)c1ccc(C#N)cc1)C2. The number of rotatable bonds is 1. The number of carbonyl (C=O) groups excluding carboxylic acids is 1. The van der Waals surface area contributed by atoms with Crippen molar-refractivity contribution >= 4 is 5.91 Å². The van der Waals surface area contributed by atoms with Gasteiger partial charge in [-0.3, -0.25) is 4.79 Å². The van der Waals surface area contributed by atoms with Crippen LogP contribution in [0.5, 0.6) is 0 Å². The quantitative estimate of drug-likeness (QED) is 0.789. The normalized spacial score (nSPS) is 22.4. The standard InChI is InChI=1S/C16H18N2O3/c1-15(2)20-10-16(11-21-15)8-18(9-16)14(19)13-5-3-12(7-17)4-6-13/h3-6H,8-11H2,1-2H3. The molecule has 1 aromatic rings. The zero-order chi connectivity index (χ0) is 15.1. The topological polar surface area (TPSA) is 62.6 Å². The second-order valence-corrected chi connectivity index (χ2v) is 6.33. The Kier molecular flexibility index (Phi) is 3.23. The van der Waals surface area contributed by atoms with Gasteiger partial charge in [0.2, 0.25) is 0 Å². The number of ether oxygens (including phenoxy) is 2. The van der Waals surface area contributed by atoms with Gasteiger partial charge in [0.15, 0.2) is 5.79 Å². The molecule has 0 radical (unpaired) electrons. The van der Waals surface area contributed by atoms with Crippen LogP contribution in [0.15, 0.2) is 24.3 Å². The van der Waals surface area contributed by atoms with Gasteiger partial charge in [0.1, 0.15) is 0 Å². The molecule has 2 saturated heterocycles. The highest BCUT2D eigenvalue weighted by molar-refractivity contribution is 5.95. The minimum atomic E-state index is -0.525. The molecule has 2 fully saturated rings. The van der Waals surface area contributed by atoms with E-state index >= 15 is 0 Å². The minimum absolute atomic E-state index is 0.00468. The van der Waals surface area contributed by atoms with Gasteiger partial charge >= 0.3 is 0 Å². The molecular formula is C16H18N2O3. The van der Waals surface area contributed by atoms with Gasteiger partial charge in [-0.25, -0.2) is 0 Å². The summed E-state index contributed by atoms with van der Waals surface area (Å²) in [7, 11) is 0. The number of likely N-dealkylation sites (tertiary alicyclic amines) is 1. The van der Waals surface area contributed by atoms with Gasteiger partial charge in [0.05, 0.1) is 30.3 Å². The van der Waals surface area contributed by atoms with Crippen LogP contribution in [-0.2, 0) is 9.47 Å². The first-order valence-electron chi connectivity index (χ1n) is 7.00. The van der Waals surface area contributed by atoms with Crippen molar-refractivity contribution in [3.8, 4) is 6.07 Å². The number of hydrogen-bond donors (Lipinski definition) is 0. The van der Waals surface area contributed by atoms with Gasteiger partial charge in [-0.15, -0.1) is 0 Å². The Hall–Kier alpha value is -1.90. The Labute approximate surface area is 124 Å². The van der Waals surface area contributed by atoms with Crippen LogP contribution in [0.3, 0.4) is 0 Å². The first kappa shape index (κ1) is 14.1. The van der Waals surface area contributed by atoms with Gasteiger partial charge in [-0.2, -0.15) is 5.26 Å². The Morgan fingerprint density at radius 2 is 1.76 bits per heavy atom. The molecule has 21 heavy (non-hydrogen) atoms. The molecule has 5 heteroatoms. The van der Waals surface area contributed by atoms with Crippen LogP contribution in [0.2, 0.25) is 0 Å². The molecule has 0 aliphatic carbocycles. The molecule has 0 aromatic heterocycles. The van der Waals surface area contributed by atoms with E-state index < -0.39 is 5.79 Å². The molecule has 110 valence electrons. The van der Waals surface area contributed by atoms with Crippen molar-refractivity contribution in [1.82, 2.24) is 4.90 Å². The Bertz CT molecular complexity index is 583. The third-order valence-corrected chi connectivity index (χ3v) is 4.05. The fourth-order valence-electron chi connectivity index (χ4n) is 2.70. The summed E-state index contributed by atoms with van der Waals surface area (Å²) in [6.45, 7) is 6.36. The fraction of sp³-hybridized carbons (Fsp3) is 0.500. The molecule has 0 bridgehead atoms. The highest BCUT2D eigenvalue weighted by atomic mass is 16.7. The van der Waals surface area contributed by atoms with Gasteiger partial charge in [0.25, 0.3) is 5.91 Å². The van der Waals surface area contributed by atoms with Crippen LogP contribution in [0, 0.1) is 16.7 Å². The van der Waals surface area contributed by atoms with E-state index in [0.717, 1.165) is 0 Å². The Morgan fingerprint density at radius 1 is 1.19 bits per heavy atom. The summed E-state index contributed by atoms with van der Waals surface area (Å²) < 4.78 is 11.4. The van der Waals surface area contributed by atoms with E-state index in [1.807, 2.05) is 19.9 Å². The summed E-state index contributed by atoms with van der Waals surface area (Å²) in [6.07, 6.45) is 0. The molecule has 2 aliphatic heterocycles. The number of nitrogens with zero attached hydrogens (tertiary/aromatic N) is 2. The van der Waals surface area contributed by atoms with Crippen LogP contribution >= 0.6 is 0 Å². The number of carbonyl (C=O) groups is 1. The van der Waals surface area contributed by atoms with E-state index in [1.165, 1.54) is 0 Å². The third-order valence-electron chi connectivity index (χ3n) is 4.05. The van der Waals surface area contributed by atoms with Crippen LogP contribution in [0.4, 0.5) is 0 Å². The average molecular weight is 286 g/mol. The van der Waals surface area contributed by atoms with Crippen molar-refractivity contribution < 1.29 is 14.3 Å². The van der Waals surface area contributed by atoms with Crippen molar-refractivity contribution in [1.29, 1.82) is 5.26 Å². The zero-order valence-corrected chi connectivity index (χ0v) is 12.3. The fourth-order valence-corrected chi connectivity index (χ4v) is 2.70. The van der Waals surface area contributed by atoms with Gasteiger partial charge < -0.3 is 14.4 Å². The lowest BCUT2D eigenvalue weighted by Crippen LogP contribution is -2.65. The van der Waals surface area contributed by atoms with Crippen molar-refractivity contribution in [2.24, 2.45) is 5.41 Å². The molecule has 2 heterocycles. The Balaban J connectivity index is 1.61. The second kappa shape index (κ2) is 4.83. The lowest BCUT2D eigenvalue weighted by Gasteiger charge is -2.54. The van der Waals surface area contributed by atoms with E-state index in [2.05, 4.69) is 0 Å². The predicted octanol–water partition coefficient (Wildman–Crippen LogP) is 1.78. The monoisotopic (exact) mass is 286 g/mol. The second-order valence-electron chi connectivity index (χ2n) is 6.33. The molecule has 2 aliphatic rings. The Morgan fingerprint density at radius 3 is 2.29 bits per heavy atom. The van der Waals surface area contributed by atoms with Crippen molar-refractivity contribution in [2.75, 3.05) is 26.3 Å². The van der Waals surface area contributed by atoms with E-state index in [0.29, 0.717) is 37.4 Å². The smallest absolute Gasteiger partial charge is 0.253 e. The van der Waals surface area contributed by atoms with Crippen LogP contribution in [0.1, 0.15) is 29.8 Å². The summed E-state index contributed by atoms with van der Waals surface area (Å²) in [5, 5.41) is 8.77. The van der Waals surface area contributed by atoms with Gasteiger partial charge in [-0.05, 0) is 38.1 Å². The summed E-state index contributed by atoms with van der Waals surface area (Å²) >= 11 is 0. The maximum atomic E-state index is 12.3. The number of hydrogen-bond acceptors (Lipinski definition) is 4. The molecule has 3 rings (SSSR count). The van der Waals surface area contributed by atoms with Gasteiger partial charge in [-0.1, -0.05) is 0 Å². The minimum Gasteiger partial charge on any atom is -0.350 e. The van der Waals surface area contributed by atoms with Crippen molar-refractivity contribution in [3.63, 3.8) is 0 Å². The molecule has 0 unspecified atom stereocenters. The molecule has 0 atom stereocenters. The third kappa shape index (κ3) is 2.65. The predicted molar refractivity (Wildman–Crippen MR) is 75.5 cm³/mol. The van der Waals surface area contributed by atoms with Crippen molar-refractivity contribution in [2.45, 2.75) is 19.6 Å². The van der Waals surface area contributed by atoms with Crippen LogP contribution in [-0.4, -0.2) is 42.9 Å². The summed E-state index contributed by atoms with van der Waals surface area (Å²) in [5.74, 6) is -0.530.